The van der Waals surface area contributed by atoms with Crippen molar-refractivity contribution in [1.29, 1.82) is 0 Å². The molecular formula is C50H30N2S. The van der Waals surface area contributed by atoms with E-state index in [-0.39, 0.29) is 0 Å². The number of hydrogen-bond acceptors (Lipinski definition) is 3. The molecule has 3 heteroatoms. The van der Waals surface area contributed by atoms with Gasteiger partial charge in [0.1, 0.15) is 0 Å². The smallest absolute Gasteiger partial charge is 0.160 e. The SMILES string of the molecule is c1ccc(-c2nc(-c3cccc(-c4cccc(-c5ccc6c7ccccc7c7ccccc7c6c5)c4)c3)c3sc4cc5ccccc5cc4c3n2)cc1. The second-order valence-corrected chi connectivity index (χ2v) is 14.8. The van der Waals surface area contributed by atoms with Crippen LogP contribution in [0.15, 0.2) is 182 Å². The third-order valence-corrected chi connectivity index (χ3v) is 11.8. The van der Waals surface area contributed by atoms with Crippen LogP contribution in [0.5, 0.6) is 0 Å². The molecule has 246 valence electrons. The molecule has 0 spiro atoms. The Morgan fingerprint density at radius 1 is 0.321 bits per heavy atom. The van der Waals surface area contributed by atoms with E-state index >= 15 is 0 Å². The molecule has 0 fully saturated rings. The largest absolute Gasteiger partial charge is 0.226 e. The Balaban J connectivity index is 1.06. The lowest BCUT2D eigenvalue weighted by Crippen LogP contribution is -1.93. The van der Waals surface area contributed by atoms with E-state index in [1.807, 2.05) is 6.07 Å². The van der Waals surface area contributed by atoms with Crippen LogP contribution in [-0.4, -0.2) is 9.97 Å². The number of rotatable bonds is 4. The molecule has 53 heavy (non-hydrogen) atoms. The lowest BCUT2D eigenvalue weighted by atomic mass is 9.91. The quantitative estimate of drug-likeness (QED) is 0.172. The first-order valence-corrected chi connectivity index (χ1v) is 18.8. The van der Waals surface area contributed by atoms with Crippen LogP contribution in [-0.2, 0) is 0 Å². The molecular weight excluding hydrogens is 661 g/mol. The van der Waals surface area contributed by atoms with E-state index in [1.54, 1.807) is 11.3 Å². The summed E-state index contributed by atoms with van der Waals surface area (Å²) in [6, 6.07) is 65.7. The Kier molecular flexibility index (Phi) is 6.76. The summed E-state index contributed by atoms with van der Waals surface area (Å²) in [5.41, 5.74) is 8.78. The summed E-state index contributed by atoms with van der Waals surface area (Å²) in [4.78, 5) is 10.5. The molecule has 0 aliphatic rings. The van der Waals surface area contributed by atoms with Crippen molar-refractivity contribution in [3.8, 4) is 44.9 Å². The first-order valence-electron chi connectivity index (χ1n) is 18.0. The van der Waals surface area contributed by atoms with E-state index in [0.717, 1.165) is 38.4 Å². The van der Waals surface area contributed by atoms with Crippen LogP contribution in [0, 0.1) is 0 Å². The molecule has 0 unspecified atom stereocenters. The van der Waals surface area contributed by atoms with Gasteiger partial charge < -0.3 is 0 Å². The van der Waals surface area contributed by atoms with Gasteiger partial charge in [-0.25, -0.2) is 9.97 Å². The fourth-order valence-electron chi connectivity index (χ4n) is 8.05. The predicted octanol–water partition coefficient (Wildman–Crippen LogP) is 14.1. The molecule has 0 atom stereocenters. The third-order valence-electron chi connectivity index (χ3n) is 10.6. The van der Waals surface area contributed by atoms with Gasteiger partial charge in [-0.15, -0.1) is 11.3 Å². The van der Waals surface area contributed by atoms with Gasteiger partial charge in [0, 0.05) is 21.2 Å². The zero-order valence-corrected chi connectivity index (χ0v) is 29.4. The summed E-state index contributed by atoms with van der Waals surface area (Å²) in [5, 5.41) is 11.4. The zero-order chi connectivity index (χ0) is 34.9. The maximum Gasteiger partial charge on any atom is 0.160 e. The molecule has 9 aromatic carbocycles. The van der Waals surface area contributed by atoms with Gasteiger partial charge in [0.25, 0.3) is 0 Å². The summed E-state index contributed by atoms with van der Waals surface area (Å²) in [5.74, 6) is 0.741. The van der Waals surface area contributed by atoms with Crippen molar-refractivity contribution in [2.75, 3.05) is 0 Å². The van der Waals surface area contributed by atoms with E-state index in [9.17, 15) is 0 Å². The van der Waals surface area contributed by atoms with Crippen LogP contribution in [0.2, 0.25) is 0 Å². The molecule has 0 saturated heterocycles. The van der Waals surface area contributed by atoms with Gasteiger partial charge >= 0.3 is 0 Å². The maximum atomic E-state index is 5.28. The highest BCUT2D eigenvalue weighted by Gasteiger charge is 2.18. The lowest BCUT2D eigenvalue weighted by Gasteiger charge is -2.13. The molecule has 2 aromatic heterocycles. The minimum atomic E-state index is 0.741. The van der Waals surface area contributed by atoms with Gasteiger partial charge in [0.15, 0.2) is 5.82 Å². The summed E-state index contributed by atoms with van der Waals surface area (Å²) in [6.45, 7) is 0. The van der Waals surface area contributed by atoms with Crippen molar-refractivity contribution in [2.24, 2.45) is 0 Å². The van der Waals surface area contributed by atoms with Gasteiger partial charge in [0.05, 0.1) is 15.9 Å². The Hall–Kier alpha value is -6.68. The lowest BCUT2D eigenvalue weighted by molar-refractivity contribution is 1.24. The molecule has 0 N–H and O–H groups in total. The summed E-state index contributed by atoms with van der Waals surface area (Å²) in [6.07, 6.45) is 0. The molecule has 0 aliphatic carbocycles. The third kappa shape index (κ3) is 4.93. The van der Waals surface area contributed by atoms with E-state index in [1.165, 1.54) is 69.9 Å². The average Bonchev–Trinajstić information content (AvgIpc) is 3.60. The molecule has 0 radical (unpaired) electrons. The van der Waals surface area contributed by atoms with Crippen molar-refractivity contribution in [1.82, 2.24) is 9.97 Å². The fourth-order valence-corrected chi connectivity index (χ4v) is 9.24. The molecule has 2 heterocycles. The zero-order valence-electron chi connectivity index (χ0n) is 28.6. The molecule has 2 nitrogen and oxygen atoms in total. The standard InChI is InChI=1S/C50H30N2S/c1-2-12-31(13-3-1)50-51-47(49-48(52-50)45-29-35-14-4-5-15-36(35)30-46(45)53-49)38-19-11-18-34(27-38)32-16-10-17-33(26-32)37-24-25-43-41-22-7-6-20-39(41)40-21-8-9-23-42(40)44(43)28-37/h1-30H. The number of aromatic nitrogens is 2. The van der Waals surface area contributed by atoms with Crippen LogP contribution < -0.4 is 0 Å². The number of hydrogen-bond donors (Lipinski definition) is 0. The van der Waals surface area contributed by atoms with Crippen LogP contribution in [0.25, 0.3) is 108 Å². The van der Waals surface area contributed by atoms with E-state index < -0.39 is 0 Å². The second-order valence-electron chi connectivity index (χ2n) is 13.8. The van der Waals surface area contributed by atoms with Crippen LogP contribution >= 0.6 is 11.3 Å². The molecule has 11 aromatic rings. The predicted molar refractivity (Wildman–Crippen MR) is 227 cm³/mol. The summed E-state index contributed by atoms with van der Waals surface area (Å²) < 4.78 is 2.33. The highest BCUT2D eigenvalue weighted by molar-refractivity contribution is 7.26. The highest BCUT2D eigenvalue weighted by atomic mass is 32.1. The highest BCUT2D eigenvalue weighted by Crippen LogP contribution is 2.42. The van der Waals surface area contributed by atoms with Crippen molar-refractivity contribution >= 4 is 74.7 Å². The fraction of sp³-hybridized carbons (Fsp3) is 0. The second kappa shape index (κ2) is 11.9. The first kappa shape index (κ1) is 30.0. The van der Waals surface area contributed by atoms with E-state index in [0.29, 0.717) is 0 Å². The van der Waals surface area contributed by atoms with Gasteiger partial charge in [-0.3, -0.25) is 0 Å². The molecule has 0 amide bonds. The summed E-state index contributed by atoms with van der Waals surface area (Å²) in [7, 11) is 0. The van der Waals surface area contributed by atoms with Crippen LogP contribution in [0.1, 0.15) is 0 Å². The van der Waals surface area contributed by atoms with Crippen LogP contribution in [0.4, 0.5) is 0 Å². The molecule has 0 aliphatic heterocycles. The first-order chi connectivity index (χ1) is 26.2. The molecule has 0 bridgehead atoms. The Labute approximate surface area is 310 Å². The van der Waals surface area contributed by atoms with Crippen molar-refractivity contribution in [3.63, 3.8) is 0 Å². The molecule has 0 saturated carbocycles. The monoisotopic (exact) mass is 690 g/mol. The van der Waals surface area contributed by atoms with Gasteiger partial charge in [-0.05, 0) is 95.7 Å². The maximum absolute atomic E-state index is 5.28. The van der Waals surface area contributed by atoms with E-state index in [2.05, 4.69) is 176 Å². The number of nitrogens with zero attached hydrogens (tertiary/aromatic N) is 2. The topological polar surface area (TPSA) is 25.8 Å². The Morgan fingerprint density at radius 3 is 1.51 bits per heavy atom. The normalized spacial score (nSPS) is 11.8. The van der Waals surface area contributed by atoms with Crippen molar-refractivity contribution < 1.29 is 0 Å². The van der Waals surface area contributed by atoms with Crippen LogP contribution in [0.3, 0.4) is 0 Å². The molecule has 11 rings (SSSR count). The number of thiophene rings is 1. The number of benzene rings is 9. The minimum absolute atomic E-state index is 0.741. The van der Waals surface area contributed by atoms with Crippen molar-refractivity contribution in [3.05, 3.63) is 182 Å². The van der Waals surface area contributed by atoms with Gasteiger partial charge in [-0.2, -0.15) is 0 Å². The van der Waals surface area contributed by atoms with Gasteiger partial charge in [-0.1, -0.05) is 152 Å². The van der Waals surface area contributed by atoms with Crippen molar-refractivity contribution in [2.45, 2.75) is 0 Å². The summed E-state index contributed by atoms with van der Waals surface area (Å²) >= 11 is 1.78. The van der Waals surface area contributed by atoms with Gasteiger partial charge in [0.2, 0.25) is 0 Å². The number of fused-ring (bicyclic) bond motifs is 10. The Bertz CT molecular complexity index is 3200. The van der Waals surface area contributed by atoms with E-state index in [4.69, 9.17) is 9.97 Å². The average molecular weight is 691 g/mol. The minimum Gasteiger partial charge on any atom is -0.226 e. The Morgan fingerprint density at radius 2 is 0.830 bits per heavy atom.